The Labute approximate surface area is 147 Å². The van der Waals surface area contributed by atoms with Crippen molar-refractivity contribution in [3.8, 4) is 0 Å². The Morgan fingerprint density at radius 1 is 1.25 bits per heavy atom. The predicted molar refractivity (Wildman–Crippen MR) is 95.6 cm³/mol. The summed E-state index contributed by atoms with van der Waals surface area (Å²) in [6, 6.07) is 11.8. The molecule has 1 saturated heterocycles. The number of nitrogens with zero attached hydrogens (tertiary/aromatic N) is 1. The maximum absolute atomic E-state index is 11.9. The number of benzene rings is 1. The van der Waals surface area contributed by atoms with Gasteiger partial charge in [0.25, 0.3) is 0 Å². The number of piperidine rings is 1. The fraction of sp³-hybridized carbons (Fsp3) is 0.316. The number of carbonyl (C=O) groups excluding carboxylic acids is 1. The highest BCUT2D eigenvalue weighted by Gasteiger charge is 2.20. The lowest BCUT2D eigenvalue weighted by molar-refractivity contribution is -0.117. The van der Waals surface area contributed by atoms with E-state index < -0.39 is 0 Å². The van der Waals surface area contributed by atoms with Gasteiger partial charge < -0.3 is 9.73 Å². The van der Waals surface area contributed by atoms with Gasteiger partial charge in [-0.2, -0.15) is 0 Å². The number of rotatable bonds is 5. The van der Waals surface area contributed by atoms with E-state index >= 15 is 0 Å². The van der Waals surface area contributed by atoms with Gasteiger partial charge in [0, 0.05) is 36.8 Å². The van der Waals surface area contributed by atoms with Crippen molar-refractivity contribution in [1.82, 2.24) is 10.2 Å². The summed E-state index contributed by atoms with van der Waals surface area (Å²) in [7, 11) is 0. The van der Waals surface area contributed by atoms with E-state index in [4.69, 9.17) is 16.0 Å². The third kappa shape index (κ3) is 4.98. The fourth-order valence-electron chi connectivity index (χ4n) is 2.88. The highest BCUT2D eigenvalue weighted by molar-refractivity contribution is 6.30. The molecule has 1 aromatic heterocycles. The molecule has 0 radical (unpaired) electrons. The summed E-state index contributed by atoms with van der Waals surface area (Å²) in [5.74, 6) is 0.616. The molecule has 3 rings (SSSR count). The molecule has 2 aromatic rings. The minimum Gasteiger partial charge on any atom is -0.465 e. The molecular formula is C19H21ClN2O2. The van der Waals surface area contributed by atoms with Crippen LogP contribution in [0.25, 0.3) is 6.08 Å². The summed E-state index contributed by atoms with van der Waals surface area (Å²) in [6.07, 6.45) is 6.74. The lowest BCUT2D eigenvalue weighted by Crippen LogP contribution is -2.43. The molecule has 0 unspecified atom stereocenters. The van der Waals surface area contributed by atoms with Gasteiger partial charge in [-0.15, -0.1) is 0 Å². The van der Waals surface area contributed by atoms with Crippen LogP contribution in [0.3, 0.4) is 0 Å². The second kappa shape index (κ2) is 8.18. The molecule has 1 fully saturated rings. The standard InChI is InChI=1S/C19H21ClN2O2/c20-16-5-3-15(4-6-16)14-22-11-9-17(10-12-22)21-19(23)8-7-18-2-1-13-24-18/h1-8,13,17H,9-12,14H2,(H,21,23)/b8-7+. The topological polar surface area (TPSA) is 45.5 Å². The monoisotopic (exact) mass is 344 g/mol. The van der Waals surface area contributed by atoms with Gasteiger partial charge >= 0.3 is 0 Å². The van der Waals surface area contributed by atoms with Gasteiger partial charge in [0.15, 0.2) is 0 Å². The van der Waals surface area contributed by atoms with Crippen LogP contribution in [0.15, 0.2) is 53.2 Å². The molecule has 0 aliphatic carbocycles. The molecule has 2 heterocycles. The average molecular weight is 345 g/mol. The molecule has 0 bridgehead atoms. The van der Waals surface area contributed by atoms with Crippen LogP contribution in [0.1, 0.15) is 24.2 Å². The molecule has 4 nitrogen and oxygen atoms in total. The highest BCUT2D eigenvalue weighted by Crippen LogP contribution is 2.16. The van der Waals surface area contributed by atoms with Gasteiger partial charge in [0.05, 0.1) is 6.26 Å². The van der Waals surface area contributed by atoms with Crippen molar-refractivity contribution in [2.45, 2.75) is 25.4 Å². The Morgan fingerprint density at radius 2 is 2.00 bits per heavy atom. The van der Waals surface area contributed by atoms with E-state index in [1.807, 2.05) is 18.2 Å². The first kappa shape index (κ1) is 16.8. The maximum Gasteiger partial charge on any atom is 0.244 e. The first-order valence-corrected chi connectivity index (χ1v) is 8.56. The molecule has 1 N–H and O–H groups in total. The lowest BCUT2D eigenvalue weighted by Gasteiger charge is -2.32. The fourth-order valence-corrected chi connectivity index (χ4v) is 3.00. The van der Waals surface area contributed by atoms with Crippen LogP contribution in [0, 0.1) is 0 Å². The van der Waals surface area contributed by atoms with Crippen LogP contribution in [-0.4, -0.2) is 29.9 Å². The molecule has 1 aromatic carbocycles. The first-order valence-electron chi connectivity index (χ1n) is 8.18. The summed E-state index contributed by atoms with van der Waals surface area (Å²) in [5, 5.41) is 3.83. The number of likely N-dealkylation sites (tertiary alicyclic amines) is 1. The molecule has 1 amide bonds. The quantitative estimate of drug-likeness (QED) is 0.841. The van der Waals surface area contributed by atoms with Gasteiger partial charge in [-0.25, -0.2) is 0 Å². The summed E-state index contributed by atoms with van der Waals surface area (Å²) >= 11 is 5.92. The molecule has 0 saturated carbocycles. The normalized spacial score (nSPS) is 16.5. The van der Waals surface area contributed by atoms with Crippen LogP contribution in [0.2, 0.25) is 5.02 Å². The van der Waals surface area contributed by atoms with Crippen LogP contribution in [0.4, 0.5) is 0 Å². The van der Waals surface area contributed by atoms with E-state index in [0.29, 0.717) is 5.76 Å². The molecular weight excluding hydrogens is 324 g/mol. The summed E-state index contributed by atoms with van der Waals surface area (Å²) in [5.41, 5.74) is 1.27. The van der Waals surface area contributed by atoms with E-state index in [9.17, 15) is 4.79 Å². The molecule has 5 heteroatoms. The zero-order valence-electron chi connectivity index (χ0n) is 13.5. The minimum absolute atomic E-state index is 0.0671. The van der Waals surface area contributed by atoms with Gasteiger partial charge in [0.2, 0.25) is 5.91 Å². The molecule has 126 valence electrons. The second-order valence-corrected chi connectivity index (χ2v) is 6.47. The third-order valence-electron chi connectivity index (χ3n) is 4.20. The lowest BCUT2D eigenvalue weighted by atomic mass is 10.0. The minimum atomic E-state index is -0.0671. The number of furan rings is 1. The van der Waals surface area contributed by atoms with Crippen LogP contribution in [-0.2, 0) is 11.3 Å². The average Bonchev–Trinajstić information content (AvgIpc) is 3.10. The van der Waals surface area contributed by atoms with Crippen molar-refractivity contribution in [2.75, 3.05) is 13.1 Å². The zero-order valence-corrected chi connectivity index (χ0v) is 14.2. The molecule has 24 heavy (non-hydrogen) atoms. The largest absolute Gasteiger partial charge is 0.465 e. The van der Waals surface area contributed by atoms with E-state index in [-0.39, 0.29) is 11.9 Å². The molecule has 0 atom stereocenters. The number of nitrogens with one attached hydrogen (secondary N) is 1. The smallest absolute Gasteiger partial charge is 0.244 e. The molecule has 0 spiro atoms. The van der Waals surface area contributed by atoms with Crippen molar-refractivity contribution in [2.24, 2.45) is 0 Å². The maximum atomic E-state index is 11.9. The number of carbonyl (C=O) groups is 1. The number of hydrogen-bond donors (Lipinski definition) is 1. The van der Waals surface area contributed by atoms with Crippen LogP contribution in [0.5, 0.6) is 0 Å². The van der Waals surface area contributed by atoms with E-state index in [1.54, 1.807) is 18.4 Å². The second-order valence-electron chi connectivity index (χ2n) is 6.03. The van der Waals surface area contributed by atoms with Crippen molar-refractivity contribution in [3.05, 3.63) is 65.1 Å². The van der Waals surface area contributed by atoms with E-state index in [0.717, 1.165) is 37.5 Å². The predicted octanol–water partition coefficient (Wildman–Crippen LogP) is 3.73. The van der Waals surface area contributed by atoms with Crippen molar-refractivity contribution in [1.29, 1.82) is 0 Å². The first-order chi connectivity index (χ1) is 11.7. The Balaban J connectivity index is 1.41. The Kier molecular flexibility index (Phi) is 5.72. The van der Waals surface area contributed by atoms with E-state index in [1.165, 1.54) is 11.6 Å². The van der Waals surface area contributed by atoms with Gasteiger partial charge in [-0.3, -0.25) is 9.69 Å². The van der Waals surface area contributed by atoms with Crippen molar-refractivity contribution in [3.63, 3.8) is 0 Å². The third-order valence-corrected chi connectivity index (χ3v) is 4.45. The number of halogens is 1. The van der Waals surface area contributed by atoms with Crippen LogP contribution >= 0.6 is 11.6 Å². The Hall–Kier alpha value is -2.04. The van der Waals surface area contributed by atoms with Gasteiger partial charge in [0.1, 0.15) is 5.76 Å². The van der Waals surface area contributed by atoms with Gasteiger partial charge in [-0.1, -0.05) is 23.7 Å². The molecule has 1 aliphatic heterocycles. The molecule has 1 aliphatic rings. The summed E-state index contributed by atoms with van der Waals surface area (Å²) < 4.78 is 5.17. The van der Waals surface area contributed by atoms with Crippen molar-refractivity contribution >= 4 is 23.6 Å². The summed E-state index contributed by atoms with van der Waals surface area (Å²) in [6.45, 7) is 2.89. The van der Waals surface area contributed by atoms with E-state index in [2.05, 4.69) is 22.3 Å². The SMILES string of the molecule is O=C(/C=C/c1ccco1)NC1CCN(Cc2ccc(Cl)cc2)CC1. The highest BCUT2D eigenvalue weighted by atomic mass is 35.5. The number of amides is 1. The Morgan fingerprint density at radius 3 is 2.67 bits per heavy atom. The summed E-state index contributed by atoms with van der Waals surface area (Å²) in [4.78, 5) is 14.4. The number of hydrogen-bond acceptors (Lipinski definition) is 3. The zero-order chi connectivity index (χ0) is 16.8. The van der Waals surface area contributed by atoms with Crippen molar-refractivity contribution < 1.29 is 9.21 Å². The Bertz CT molecular complexity index is 672. The van der Waals surface area contributed by atoms with Gasteiger partial charge in [-0.05, 0) is 48.7 Å². The van der Waals surface area contributed by atoms with Crippen LogP contribution < -0.4 is 5.32 Å².